The molecule has 0 amide bonds. The van der Waals surface area contributed by atoms with Gasteiger partial charge >= 0.3 is 5.63 Å². The zero-order valence-electron chi connectivity index (χ0n) is 16.3. The van der Waals surface area contributed by atoms with Crippen molar-refractivity contribution in [2.75, 3.05) is 6.61 Å². The molecule has 28 heavy (non-hydrogen) atoms. The van der Waals surface area contributed by atoms with Gasteiger partial charge in [-0.1, -0.05) is 31.2 Å². The lowest BCUT2D eigenvalue weighted by Gasteiger charge is -2.45. The van der Waals surface area contributed by atoms with Gasteiger partial charge in [0, 0.05) is 29.4 Å². The summed E-state index contributed by atoms with van der Waals surface area (Å²) in [5, 5.41) is 11.9. The molecule has 0 bridgehead atoms. The third kappa shape index (κ3) is 4.19. The van der Waals surface area contributed by atoms with Gasteiger partial charge in [-0.2, -0.15) is 0 Å². The Labute approximate surface area is 164 Å². The predicted octanol–water partition coefficient (Wildman–Crippen LogP) is 3.48. The Morgan fingerprint density at radius 3 is 2.82 bits per heavy atom. The summed E-state index contributed by atoms with van der Waals surface area (Å²) in [5.74, 6) is -0.226. The molecule has 1 aromatic heterocycles. The van der Waals surface area contributed by atoms with E-state index >= 15 is 0 Å². The highest BCUT2D eigenvalue weighted by Gasteiger charge is 2.42. The van der Waals surface area contributed by atoms with E-state index in [0.29, 0.717) is 24.4 Å². The van der Waals surface area contributed by atoms with E-state index in [4.69, 9.17) is 9.15 Å². The predicted molar refractivity (Wildman–Crippen MR) is 106 cm³/mol. The normalized spacial score (nSPS) is 24.2. The molecule has 1 aromatic carbocycles. The van der Waals surface area contributed by atoms with Crippen molar-refractivity contribution >= 4 is 16.9 Å². The lowest BCUT2D eigenvalue weighted by molar-refractivity contribution is -0.306. The molecule has 1 aliphatic carbocycles. The van der Waals surface area contributed by atoms with E-state index in [-0.39, 0.29) is 23.7 Å². The van der Waals surface area contributed by atoms with Crippen LogP contribution in [0.5, 0.6) is 5.75 Å². The van der Waals surface area contributed by atoms with E-state index in [1.807, 2.05) is 19.1 Å². The second kappa shape index (κ2) is 8.05. The highest BCUT2D eigenvalue weighted by molar-refractivity contribution is 5.77. The molecule has 0 unspecified atom stereocenters. The Morgan fingerprint density at radius 1 is 1.36 bits per heavy atom. The summed E-state index contributed by atoms with van der Waals surface area (Å²) in [5.41, 5.74) is 0.828. The van der Waals surface area contributed by atoms with Crippen LogP contribution in [0.2, 0.25) is 0 Å². The van der Waals surface area contributed by atoms with Crippen molar-refractivity contribution in [1.82, 2.24) is 0 Å². The minimum Gasteiger partial charge on any atom is -0.550 e. The third-order valence-electron chi connectivity index (χ3n) is 5.87. The van der Waals surface area contributed by atoms with Crippen molar-refractivity contribution < 1.29 is 19.1 Å². The van der Waals surface area contributed by atoms with E-state index in [0.717, 1.165) is 17.4 Å². The number of carbonyl (C=O) groups is 1. The number of fused-ring (bicyclic) bond motifs is 1. The largest absolute Gasteiger partial charge is 0.550 e. The molecule has 3 rings (SSSR count). The summed E-state index contributed by atoms with van der Waals surface area (Å²) >= 11 is 0. The molecular formula is C23H25O5-. The molecule has 0 saturated heterocycles. The van der Waals surface area contributed by atoms with Crippen molar-refractivity contribution in [1.29, 1.82) is 0 Å². The number of hydrogen-bond acceptors (Lipinski definition) is 5. The number of carboxylic acids is 1. The highest BCUT2D eigenvalue weighted by atomic mass is 16.5. The second-order valence-electron chi connectivity index (χ2n) is 7.81. The molecule has 0 N–H and O–H groups in total. The molecule has 1 heterocycles. The summed E-state index contributed by atoms with van der Waals surface area (Å²) < 4.78 is 11.2. The zero-order chi connectivity index (χ0) is 20.3. The molecule has 2 aromatic rings. The van der Waals surface area contributed by atoms with Crippen molar-refractivity contribution in [3.8, 4) is 5.75 Å². The summed E-state index contributed by atoms with van der Waals surface area (Å²) in [6, 6.07) is 8.48. The number of ether oxygens (including phenoxy) is 1. The van der Waals surface area contributed by atoms with Gasteiger partial charge in [-0.3, -0.25) is 0 Å². The number of aliphatic carboxylic acids is 1. The number of rotatable bonds is 7. The fraction of sp³-hybridized carbons (Fsp3) is 0.391. The van der Waals surface area contributed by atoms with Gasteiger partial charge in [0.25, 0.3) is 0 Å². The molecule has 148 valence electrons. The molecule has 0 fully saturated rings. The van der Waals surface area contributed by atoms with E-state index in [2.05, 4.69) is 25.7 Å². The van der Waals surface area contributed by atoms with Gasteiger partial charge in [-0.15, -0.1) is 0 Å². The van der Waals surface area contributed by atoms with Gasteiger partial charge in [0.05, 0.1) is 6.61 Å². The van der Waals surface area contributed by atoms with Gasteiger partial charge in [0.15, 0.2) is 0 Å². The number of allylic oxidation sites excluding steroid dienone is 2. The van der Waals surface area contributed by atoms with Crippen molar-refractivity contribution in [3.05, 3.63) is 65.1 Å². The first-order valence-corrected chi connectivity index (χ1v) is 9.48. The maximum atomic E-state index is 11.4. The van der Waals surface area contributed by atoms with Crippen LogP contribution in [0.4, 0.5) is 0 Å². The number of hydrogen-bond donors (Lipinski definition) is 0. The maximum absolute atomic E-state index is 11.4. The number of carboxylic acid groups (broad SMARTS) is 1. The zero-order valence-corrected chi connectivity index (χ0v) is 16.3. The lowest BCUT2D eigenvalue weighted by atomic mass is 9.60. The van der Waals surface area contributed by atoms with Gasteiger partial charge in [0.1, 0.15) is 11.3 Å². The number of benzene rings is 1. The average molecular weight is 381 g/mol. The summed E-state index contributed by atoms with van der Waals surface area (Å²) in [4.78, 5) is 22.5. The summed E-state index contributed by atoms with van der Waals surface area (Å²) in [6.07, 6.45) is 5.57. The van der Waals surface area contributed by atoms with Gasteiger partial charge in [0.2, 0.25) is 0 Å². The van der Waals surface area contributed by atoms with Crippen LogP contribution in [-0.4, -0.2) is 12.6 Å². The Balaban J connectivity index is 1.81. The van der Waals surface area contributed by atoms with Crippen LogP contribution < -0.4 is 15.5 Å². The quantitative estimate of drug-likeness (QED) is 0.542. The summed E-state index contributed by atoms with van der Waals surface area (Å²) in [7, 11) is 0. The molecule has 1 aliphatic rings. The van der Waals surface area contributed by atoms with E-state index in [1.165, 1.54) is 6.07 Å². The molecule has 5 heteroatoms. The van der Waals surface area contributed by atoms with Gasteiger partial charge in [-0.25, -0.2) is 4.79 Å². The molecule has 5 nitrogen and oxygen atoms in total. The Morgan fingerprint density at radius 2 is 2.11 bits per heavy atom. The van der Waals surface area contributed by atoms with E-state index < -0.39 is 11.6 Å². The second-order valence-corrected chi connectivity index (χ2v) is 7.81. The lowest BCUT2D eigenvalue weighted by Crippen LogP contribution is -2.41. The topological polar surface area (TPSA) is 79.6 Å². The Kier molecular flexibility index (Phi) is 5.73. The van der Waals surface area contributed by atoms with Crippen LogP contribution in [0.3, 0.4) is 0 Å². The first kappa shape index (κ1) is 19.9. The maximum Gasteiger partial charge on any atom is 0.336 e. The molecule has 0 aliphatic heterocycles. The standard InChI is InChI=1S/C23H26O5/c1-15(2)19-6-4-5-17(23(19,3)12-11-21(24)25)14-27-18-9-7-16-8-10-22(26)28-20(16)13-18/h4-5,7-10,13,17,19H,1,6,11-12,14H2,2-3H3,(H,24,25)/p-1/t17-,19+,23-/m1/s1. The van der Waals surface area contributed by atoms with Crippen LogP contribution in [-0.2, 0) is 4.79 Å². The van der Waals surface area contributed by atoms with Gasteiger partial charge < -0.3 is 19.1 Å². The first-order valence-electron chi connectivity index (χ1n) is 9.48. The van der Waals surface area contributed by atoms with Gasteiger partial charge in [-0.05, 0) is 55.7 Å². The fourth-order valence-corrected chi connectivity index (χ4v) is 4.18. The first-order chi connectivity index (χ1) is 13.3. The van der Waals surface area contributed by atoms with Crippen molar-refractivity contribution in [2.45, 2.75) is 33.1 Å². The van der Waals surface area contributed by atoms with Crippen LogP contribution in [0, 0.1) is 17.3 Å². The minimum atomic E-state index is -1.04. The smallest absolute Gasteiger partial charge is 0.336 e. The SMILES string of the molecule is C=C(C)[C@@H]1CC=C[C@H](COc2ccc3ccc(=O)oc3c2)[C@@]1(C)CCC(=O)[O-]. The van der Waals surface area contributed by atoms with Crippen LogP contribution in [0.25, 0.3) is 11.0 Å². The minimum absolute atomic E-state index is 0.00571. The monoisotopic (exact) mass is 381 g/mol. The number of carbonyl (C=O) groups excluding carboxylic acids is 1. The van der Waals surface area contributed by atoms with Crippen molar-refractivity contribution in [2.24, 2.45) is 17.3 Å². The molecule has 0 radical (unpaired) electrons. The molecule has 3 atom stereocenters. The Hall–Kier alpha value is -2.82. The Bertz CT molecular complexity index is 970. The van der Waals surface area contributed by atoms with Crippen LogP contribution >= 0.6 is 0 Å². The van der Waals surface area contributed by atoms with E-state index in [1.54, 1.807) is 12.1 Å². The van der Waals surface area contributed by atoms with Crippen LogP contribution in [0.1, 0.15) is 33.1 Å². The van der Waals surface area contributed by atoms with E-state index in [9.17, 15) is 14.7 Å². The molecule has 0 spiro atoms. The molecular weight excluding hydrogens is 356 g/mol. The summed E-state index contributed by atoms with van der Waals surface area (Å²) in [6.45, 7) is 8.61. The molecule has 0 saturated carbocycles. The fourth-order valence-electron chi connectivity index (χ4n) is 4.18. The van der Waals surface area contributed by atoms with Crippen molar-refractivity contribution in [3.63, 3.8) is 0 Å². The average Bonchev–Trinajstić information content (AvgIpc) is 2.65. The van der Waals surface area contributed by atoms with Crippen LogP contribution in [0.15, 0.2) is 63.8 Å². The highest BCUT2D eigenvalue weighted by Crippen LogP contribution is 2.48. The third-order valence-corrected chi connectivity index (χ3v) is 5.87.